The van der Waals surface area contributed by atoms with Crippen molar-refractivity contribution in [3.63, 3.8) is 0 Å². The monoisotopic (exact) mass is 260 g/mol. The van der Waals surface area contributed by atoms with Gasteiger partial charge in [-0.05, 0) is 32.0 Å². The Morgan fingerprint density at radius 2 is 2.17 bits per heavy atom. The lowest BCUT2D eigenvalue weighted by Gasteiger charge is -2.25. The molecule has 1 atom stereocenters. The van der Waals surface area contributed by atoms with Crippen LogP contribution in [0.4, 0.5) is 19.0 Å². The predicted molar refractivity (Wildman–Crippen MR) is 61.3 cm³/mol. The molecule has 4 nitrogen and oxygen atoms in total. The fourth-order valence-corrected chi connectivity index (χ4v) is 2.21. The normalized spacial score (nSPS) is 20.4. The van der Waals surface area contributed by atoms with Crippen molar-refractivity contribution in [3.8, 4) is 0 Å². The van der Waals surface area contributed by atoms with Crippen LogP contribution in [0.5, 0.6) is 0 Å². The van der Waals surface area contributed by atoms with Gasteiger partial charge in [0.1, 0.15) is 0 Å². The maximum Gasteiger partial charge on any atom is 0.435 e. The molecule has 100 valence electrons. The van der Waals surface area contributed by atoms with Crippen LogP contribution >= 0.6 is 0 Å². The van der Waals surface area contributed by atoms with E-state index in [2.05, 4.69) is 15.5 Å². The summed E-state index contributed by atoms with van der Waals surface area (Å²) in [5.74, 6) is 0.515. The molecule has 1 N–H and O–H groups in total. The molecule has 1 saturated heterocycles. The van der Waals surface area contributed by atoms with E-state index in [0.29, 0.717) is 5.82 Å². The Labute approximate surface area is 103 Å². The van der Waals surface area contributed by atoms with E-state index in [-0.39, 0.29) is 6.04 Å². The summed E-state index contributed by atoms with van der Waals surface area (Å²) in [4.78, 5) is 2.00. The van der Waals surface area contributed by atoms with Crippen LogP contribution in [0.1, 0.15) is 18.5 Å². The highest BCUT2D eigenvalue weighted by molar-refractivity contribution is 5.40. The van der Waals surface area contributed by atoms with Crippen LogP contribution in [0.3, 0.4) is 0 Å². The van der Waals surface area contributed by atoms with Crippen molar-refractivity contribution in [3.05, 3.63) is 17.8 Å². The first-order chi connectivity index (χ1) is 8.52. The summed E-state index contributed by atoms with van der Waals surface area (Å²) in [7, 11) is 1.86. The van der Waals surface area contributed by atoms with Crippen LogP contribution < -0.4 is 10.2 Å². The van der Waals surface area contributed by atoms with E-state index in [0.717, 1.165) is 32.0 Å². The molecule has 1 aromatic rings. The van der Waals surface area contributed by atoms with Crippen LogP contribution in [0, 0.1) is 0 Å². The number of nitrogens with one attached hydrogen (secondary N) is 1. The number of rotatable bonds is 3. The highest BCUT2D eigenvalue weighted by atomic mass is 19.4. The summed E-state index contributed by atoms with van der Waals surface area (Å²) in [6.07, 6.45) is -2.39. The van der Waals surface area contributed by atoms with Gasteiger partial charge in [-0.25, -0.2) is 0 Å². The van der Waals surface area contributed by atoms with Crippen LogP contribution in [0.25, 0.3) is 0 Å². The number of hydrogen-bond donors (Lipinski definition) is 1. The zero-order valence-electron chi connectivity index (χ0n) is 10.0. The van der Waals surface area contributed by atoms with Gasteiger partial charge in [0.05, 0.1) is 0 Å². The Morgan fingerprint density at radius 3 is 2.72 bits per heavy atom. The minimum absolute atomic E-state index is 0.279. The molecule has 0 bridgehead atoms. The summed E-state index contributed by atoms with van der Waals surface area (Å²) < 4.78 is 37.1. The van der Waals surface area contributed by atoms with Gasteiger partial charge in [-0.2, -0.15) is 13.2 Å². The zero-order chi connectivity index (χ0) is 13.2. The molecule has 0 spiro atoms. The average Bonchev–Trinajstić information content (AvgIpc) is 2.77. The Balaban J connectivity index is 2.14. The van der Waals surface area contributed by atoms with E-state index in [9.17, 15) is 13.2 Å². The van der Waals surface area contributed by atoms with Gasteiger partial charge in [-0.3, -0.25) is 0 Å². The van der Waals surface area contributed by atoms with Gasteiger partial charge in [0.15, 0.2) is 11.5 Å². The fourth-order valence-electron chi connectivity index (χ4n) is 2.21. The van der Waals surface area contributed by atoms with Gasteiger partial charge in [0, 0.05) is 19.1 Å². The first kappa shape index (κ1) is 13.1. The third kappa shape index (κ3) is 2.72. The number of aromatic nitrogens is 2. The first-order valence-corrected chi connectivity index (χ1v) is 5.84. The lowest BCUT2D eigenvalue weighted by molar-refractivity contribution is -0.141. The number of nitrogens with zero attached hydrogens (tertiary/aromatic N) is 3. The van der Waals surface area contributed by atoms with Gasteiger partial charge in [-0.15, -0.1) is 10.2 Å². The predicted octanol–water partition coefficient (Wildman–Crippen LogP) is 1.68. The molecule has 1 unspecified atom stereocenters. The van der Waals surface area contributed by atoms with Gasteiger partial charge in [0.2, 0.25) is 0 Å². The molecule has 0 aromatic carbocycles. The molecule has 1 aliphatic rings. The summed E-state index contributed by atoms with van der Waals surface area (Å²) in [5, 5.41) is 10.0. The lowest BCUT2D eigenvalue weighted by Crippen LogP contribution is -2.37. The van der Waals surface area contributed by atoms with E-state index in [1.807, 2.05) is 11.9 Å². The standard InChI is InChI=1S/C11H15F3N4/c1-15-7-8-3-2-6-18(8)10-5-4-9(16-17-10)11(12,13)14/h4-5,8,15H,2-3,6-7H2,1H3. The van der Waals surface area contributed by atoms with E-state index in [4.69, 9.17) is 0 Å². The van der Waals surface area contributed by atoms with E-state index >= 15 is 0 Å². The van der Waals surface area contributed by atoms with Gasteiger partial charge in [0.25, 0.3) is 0 Å². The molecular weight excluding hydrogens is 245 g/mol. The van der Waals surface area contributed by atoms with Gasteiger partial charge < -0.3 is 10.2 Å². The second kappa shape index (κ2) is 5.09. The number of alkyl halides is 3. The van der Waals surface area contributed by atoms with E-state index in [1.54, 1.807) is 0 Å². The number of anilines is 1. The Kier molecular flexibility index (Phi) is 3.70. The lowest BCUT2D eigenvalue weighted by atomic mass is 10.2. The number of halogens is 3. The fraction of sp³-hybridized carbons (Fsp3) is 0.636. The van der Waals surface area contributed by atoms with Crippen molar-refractivity contribution in [2.45, 2.75) is 25.1 Å². The molecule has 0 aliphatic carbocycles. The summed E-state index contributed by atoms with van der Waals surface area (Å²) in [5.41, 5.74) is -0.949. The SMILES string of the molecule is CNCC1CCCN1c1ccc(C(F)(F)F)nn1. The second-order valence-electron chi connectivity index (χ2n) is 4.32. The first-order valence-electron chi connectivity index (χ1n) is 5.84. The minimum Gasteiger partial charge on any atom is -0.351 e. The van der Waals surface area contributed by atoms with E-state index in [1.165, 1.54) is 6.07 Å². The van der Waals surface area contributed by atoms with E-state index < -0.39 is 11.9 Å². The highest BCUT2D eigenvalue weighted by Crippen LogP contribution is 2.29. The number of likely N-dealkylation sites (N-methyl/N-ethyl adjacent to an activating group) is 1. The summed E-state index contributed by atoms with van der Waals surface area (Å²) in [6, 6.07) is 2.65. The molecule has 2 rings (SSSR count). The van der Waals surface area contributed by atoms with Crippen molar-refractivity contribution < 1.29 is 13.2 Å². The molecule has 1 fully saturated rings. The summed E-state index contributed by atoms with van der Waals surface area (Å²) in [6.45, 7) is 1.61. The Hall–Kier alpha value is -1.37. The molecule has 7 heteroatoms. The van der Waals surface area contributed by atoms with Crippen molar-refractivity contribution in [1.82, 2.24) is 15.5 Å². The van der Waals surface area contributed by atoms with Crippen molar-refractivity contribution in [2.75, 3.05) is 25.0 Å². The molecule has 1 aromatic heterocycles. The summed E-state index contributed by atoms with van der Waals surface area (Å²) >= 11 is 0. The Bertz CT molecular complexity index is 390. The van der Waals surface area contributed by atoms with Crippen LogP contribution in [0.15, 0.2) is 12.1 Å². The molecular formula is C11H15F3N4. The highest BCUT2D eigenvalue weighted by Gasteiger charge is 2.33. The maximum atomic E-state index is 12.4. The second-order valence-corrected chi connectivity index (χ2v) is 4.32. The number of hydrogen-bond acceptors (Lipinski definition) is 4. The molecule has 0 saturated carbocycles. The van der Waals surface area contributed by atoms with Crippen molar-refractivity contribution >= 4 is 5.82 Å². The molecule has 0 radical (unpaired) electrons. The van der Waals surface area contributed by atoms with Gasteiger partial charge >= 0.3 is 6.18 Å². The van der Waals surface area contributed by atoms with Crippen LogP contribution in [0.2, 0.25) is 0 Å². The Morgan fingerprint density at radius 1 is 1.39 bits per heavy atom. The smallest absolute Gasteiger partial charge is 0.351 e. The molecule has 1 aliphatic heterocycles. The largest absolute Gasteiger partial charge is 0.435 e. The molecule has 18 heavy (non-hydrogen) atoms. The zero-order valence-corrected chi connectivity index (χ0v) is 10.0. The minimum atomic E-state index is -4.43. The topological polar surface area (TPSA) is 41.0 Å². The molecule has 0 amide bonds. The van der Waals surface area contributed by atoms with Crippen molar-refractivity contribution in [1.29, 1.82) is 0 Å². The van der Waals surface area contributed by atoms with Crippen LogP contribution in [-0.4, -0.2) is 36.4 Å². The quantitative estimate of drug-likeness (QED) is 0.897. The van der Waals surface area contributed by atoms with Crippen molar-refractivity contribution in [2.24, 2.45) is 0 Å². The average molecular weight is 260 g/mol. The maximum absolute atomic E-state index is 12.4. The third-order valence-electron chi connectivity index (χ3n) is 3.05. The van der Waals surface area contributed by atoms with Crippen LogP contribution in [-0.2, 0) is 6.18 Å². The van der Waals surface area contributed by atoms with Gasteiger partial charge in [-0.1, -0.05) is 0 Å². The molecule has 2 heterocycles. The third-order valence-corrected chi connectivity index (χ3v) is 3.05.